The second-order valence-electron chi connectivity index (χ2n) is 4.86. The maximum atomic E-state index is 12.0. The molecule has 1 aliphatic carbocycles. The zero-order chi connectivity index (χ0) is 13.0. The molecule has 4 heteroatoms. The van der Waals surface area contributed by atoms with E-state index in [0.717, 1.165) is 25.7 Å². The summed E-state index contributed by atoms with van der Waals surface area (Å²) in [5.74, 6) is -0.487. The third-order valence-corrected chi connectivity index (χ3v) is 3.42. The van der Waals surface area contributed by atoms with E-state index in [-0.39, 0.29) is 29.0 Å². The first-order valence-corrected chi connectivity index (χ1v) is 6.49. The Kier molecular flexibility index (Phi) is 4.07. The molecule has 1 aromatic carbocycles. The number of phenols is 2. The Bertz CT molecular complexity index is 423. The summed E-state index contributed by atoms with van der Waals surface area (Å²) in [6.07, 6.45) is 6.77. The van der Waals surface area contributed by atoms with E-state index < -0.39 is 0 Å². The molecule has 0 atom stereocenters. The minimum Gasteiger partial charge on any atom is -0.508 e. The Labute approximate surface area is 107 Å². The topological polar surface area (TPSA) is 69.6 Å². The highest BCUT2D eigenvalue weighted by Gasteiger charge is 2.17. The number of hydrogen-bond acceptors (Lipinski definition) is 3. The number of aromatic hydroxyl groups is 2. The van der Waals surface area contributed by atoms with Gasteiger partial charge >= 0.3 is 0 Å². The van der Waals surface area contributed by atoms with Gasteiger partial charge in [-0.3, -0.25) is 4.79 Å². The van der Waals surface area contributed by atoms with Crippen molar-refractivity contribution in [2.24, 2.45) is 0 Å². The molecule has 3 N–H and O–H groups in total. The summed E-state index contributed by atoms with van der Waals surface area (Å²) < 4.78 is 0. The minimum atomic E-state index is -0.264. The summed E-state index contributed by atoms with van der Waals surface area (Å²) in [6.45, 7) is 0. The van der Waals surface area contributed by atoms with E-state index in [1.807, 2.05) is 0 Å². The number of phenolic OH excluding ortho intramolecular Hbond substituents is 2. The van der Waals surface area contributed by atoms with Crippen molar-refractivity contribution in [1.29, 1.82) is 0 Å². The van der Waals surface area contributed by atoms with Gasteiger partial charge in [-0.2, -0.15) is 0 Å². The molecule has 0 bridgehead atoms. The first kappa shape index (κ1) is 12.7. The van der Waals surface area contributed by atoms with Crippen molar-refractivity contribution in [3.05, 3.63) is 23.8 Å². The molecular weight excluding hydrogens is 230 g/mol. The average Bonchev–Trinajstić information content (AvgIpc) is 2.57. The Morgan fingerprint density at radius 3 is 2.39 bits per heavy atom. The van der Waals surface area contributed by atoms with Gasteiger partial charge < -0.3 is 15.5 Å². The fourth-order valence-electron chi connectivity index (χ4n) is 2.40. The predicted octanol–water partition coefficient (Wildman–Crippen LogP) is 2.55. The van der Waals surface area contributed by atoms with Crippen molar-refractivity contribution in [1.82, 2.24) is 5.32 Å². The van der Waals surface area contributed by atoms with Crippen molar-refractivity contribution in [3.8, 4) is 11.5 Å². The molecule has 2 rings (SSSR count). The van der Waals surface area contributed by atoms with E-state index in [4.69, 9.17) is 0 Å². The van der Waals surface area contributed by atoms with Crippen molar-refractivity contribution in [2.45, 2.75) is 44.6 Å². The molecule has 1 aromatic rings. The molecule has 1 saturated carbocycles. The summed E-state index contributed by atoms with van der Waals surface area (Å²) >= 11 is 0. The molecule has 1 fully saturated rings. The highest BCUT2D eigenvalue weighted by molar-refractivity contribution is 5.97. The van der Waals surface area contributed by atoms with Gasteiger partial charge in [0.1, 0.15) is 11.5 Å². The normalized spacial score (nSPS) is 17.1. The summed E-state index contributed by atoms with van der Waals surface area (Å²) in [4.78, 5) is 12.0. The molecular formula is C14H19NO3. The van der Waals surface area contributed by atoms with Gasteiger partial charge in [0.2, 0.25) is 0 Å². The van der Waals surface area contributed by atoms with E-state index in [2.05, 4.69) is 5.32 Å². The van der Waals surface area contributed by atoms with Crippen LogP contribution in [0.1, 0.15) is 48.9 Å². The maximum absolute atomic E-state index is 12.0. The van der Waals surface area contributed by atoms with Gasteiger partial charge in [-0.1, -0.05) is 25.7 Å². The van der Waals surface area contributed by atoms with Crippen LogP contribution < -0.4 is 5.32 Å². The Morgan fingerprint density at radius 1 is 1.11 bits per heavy atom. The van der Waals surface area contributed by atoms with E-state index in [1.165, 1.54) is 31.0 Å². The summed E-state index contributed by atoms with van der Waals surface area (Å²) in [5.41, 5.74) is 0.219. The van der Waals surface area contributed by atoms with Crippen LogP contribution in [0.3, 0.4) is 0 Å². The smallest absolute Gasteiger partial charge is 0.255 e. The molecule has 1 amide bonds. The lowest BCUT2D eigenvalue weighted by Gasteiger charge is -2.16. The zero-order valence-corrected chi connectivity index (χ0v) is 10.4. The molecule has 0 heterocycles. The van der Waals surface area contributed by atoms with Gasteiger partial charge in [-0.25, -0.2) is 0 Å². The molecule has 0 aliphatic heterocycles. The number of rotatable bonds is 2. The Balaban J connectivity index is 2.02. The van der Waals surface area contributed by atoms with Crippen LogP contribution in [0.2, 0.25) is 0 Å². The molecule has 1 aliphatic rings. The van der Waals surface area contributed by atoms with Crippen molar-refractivity contribution in [2.75, 3.05) is 0 Å². The number of amides is 1. The second-order valence-corrected chi connectivity index (χ2v) is 4.86. The van der Waals surface area contributed by atoms with Gasteiger partial charge in [-0.15, -0.1) is 0 Å². The van der Waals surface area contributed by atoms with E-state index in [0.29, 0.717) is 0 Å². The van der Waals surface area contributed by atoms with Crippen LogP contribution in [0.15, 0.2) is 18.2 Å². The first-order chi connectivity index (χ1) is 8.66. The number of hydrogen-bond donors (Lipinski definition) is 3. The van der Waals surface area contributed by atoms with Crippen LogP contribution in [0, 0.1) is 0 Å². The second kappa shape index (κ2) is 5.76. The lowest BCUT2D eigenvalue weighted by atomic mass is 10.1. The zero-order valence-electron chi connectivity index (χ0n) is 10.4. The molecule has 0 unspecified atom stereocenters. The monoisotopic (exact) mass is 249 g/mol. The van der Waals surface area contributed by atoms with Crippen LogP contribution in [-0.2, 0) is 0 Å². The van der Waals surface area contributed by atoms with Gasteiger partial charge in [0.05, 0.1) is 5.56 Å². The quantitative estimate of drug-likeness (QED) is 0.705. The first-order valence-electron chi connectivity index (χ1n) is 6.49. The van der Waals surface area contributed by atoms with Gasteiger partial charge in [0.25, 0.3) is 5.91 Å². The summed E-state index contributed by atoms with van der Waals surface area (Å²) in [6, 6.07) is 4.23. The number of carbonyl (C=O) groups is 1. The van der Waals surface area contributed by atoms with Gasteiger partial charge in [-0.05, 0) is 25.0 Å². The van der Waals surface area contributed by atoms with E-state index in [1.54, 1.807) is 0 Å². The highest BCUT2D eigenvalue weighted by Crippen LogP contribution is 2.23. The number of nitrogens with one attached hydrogen (secondary N) is 1. The van der Waals surface area contributed by atoms with Crippen molar-refractivity contribution in [3.63, 3.8) is 0 Å². The Hall–Kier alpha value is -1.71. The predicted molar refractivity (Wildman–Crippen MR) is 68.7 cm³/mol. The molecule has 0 spiro atoms. The van der Waals surface area contributed by atoms with E-state index >= 15 is 0 Å². The highest BCUT2D eigenvalue weighted by atomic mass is 16.3. The summed E-state index contributed by atoms with van der Waals surface area (Å²) in [5, 5.41) is 21.8. The third kappa shape index (κ3) is 3.15. The van der Waals surface area contributed by atoms with Gasteiger partial charge in [0, 0.05) is 12.1 Å². The van der Waals surface area contributed by atoms with Crippen LogP contribution in [-0.4, -0.2) is 22.2 Å². The molecule has 0 radical (unpaired) electrons. The number of benzene rings is 1. The van der Waals surface area contributed by atoms with Crippen molar-refractivity contribution < 1.29 is 15.0 Å². The molecule has 4 nitrogen and oxygen atoms in total. The van der Waals surface area contributed by atoms with E-state index in [9.17, 15) is 15.0 Å². The fourth-order valence-corrected chi connectivity index (χ4v) is 2.40. The lowest BCUT2D eigenvalue weighted by molar-refractivity contribution is 0.0930. The molecule has 98 valence electrons. The fraction of sp³-hybridized carbons (Fsp3) is 0.500. The van der Waals surface area contributed by atoms with Crippen LogP contribution in [0.25, 0.3) is 0 Å². The number of carbonyl (C=O) groups excluding carboxylic acids is 1. The molecule has 0 saturated heterocycles. The summed E-state index contributed by atoms with van der Waals surface area (Å²) in [7, 11) is 0. The van der Waals surface area contributed by atoms with Crippen LogP contribution in [0.5, 0.6) is 11.5 Å². The van der Waals surface area contributed by atoms with Gasteiger partial charge in [0.15, 0.2) is 0 Å². The Morgan fingerprint density at radius 2 is 1.78 bits per heavy atom. The van der Waals surface area contributed by atoms with Crippen molar-refractivity contribution >= 4 is 5.91 Å². The lowest BCUT2D eigenvalue weighted by Crippen LogP contribution is -2.34. The standard InChI is InChI=1S/C14H19NO3/c16-11-7-8-12(13(17)9-11)14(18)15-10-5-3-1-2-4-6-10/h7-10,16-17H,1-6H2,(H,15,18). The van der Waals surface area contributed by atoms with Crippen LogP contribution in [0.4, 0.5) is 0 Å². The molecule has 18 heavy (non-hydrogen) atoms. The minimum absolute atomic E-state index is 0.0430. The molecule has 0 aromatic heterocycles. The SMILES string of the molecule is O=C(NC1CCCCCC1)c1ccc(O)cc1O. The van der Waals surface area contributed by atoms with Crippen LogP contribution >= 0.6 is 0 Å². The average molecular weight is 249 g/mol. The largest absolute Gasteiger partial charge is 0.508 e. The third-order valence-electron chi connectivity index (χ3n) is 3.42. The maximum Gasteiger partial charge on any atom is 0.255 e.